The van der Waals surface area contributed by atoms with E-state index in [0.29, 0.717) is 0 Å². The van der Waals surface area contributed by atoms with Gasteiger partial charge in [-0.3, -0.25) is 0 Å². The molecule has 2 aliphatic heterocycles. The number of ether oxygens (including phenoxy) is 4. The van der Waals surface area contributed by atoms with Gasteiger partial charge in [0, 0.05) is 22.3 Å². The first-order valence-corrected chi connectivity index (χ1v) is 22.1. The van der Waals surface area contributed by atoms with Crippen LogP contribution in [-0.2, 0) is 0 Å². The highest BCUT2D eigenvalue weighted by Crippen LogP contribution is 2.72. The Morgan fingerprint density at radius 2 is 0.943 bits per heavy atom. The highest BCUT2D eigenvalue weighted by Gasteiger charge is 2.64. The summed E-state index contributed by atoms with van der Waals surface area (Å²) < 4.78 is 28.9. The first-order valence-electron chi connectivity index (χ1n) is 18.8. The van der Waals surface area contributed by atoms with Crippen molar-refractivity contribution in [2.75, 3.05) is 12.8 Å². The monoisotopic (exact) mass is 732 g/mol. The summed E-state index contributed by atoms with van der Waals surface area (Å²) in [7, 11) is -1.76. The van der Waals surface area contributed by atoms with Gasteiger partial charge in [0.15, 0.2) is 22.9 Å². The predicted molar refractivity (Wildman–Crippen MR) is 218 cm³/mol. The van der Waals surface area contributed by atoms with E-state index in [1.54, 1.807) is 0 Å². The number of unbranched alkanes of at least 4 members (excludes halogenated alkanes) is 1. The van der Waals surface area contributed by atoms with E-state index < -0.39 is 26.5 Å². The van der Waals surface area contributed by atoms with Gasteiger partial charge in [-0.25, -0.2) is 0 Å². The van der Waals surface area contributed by atoms with Gasteiger partial charge in [-0.15, -0.1) is 0 Å². The van der Waals surface area contributed by atoms with Crippen LogP contribution in [0, 0.1) is 0 Å². The summed E-state index contributed by atoms with van der Waals surface area (Å²) in [6, 6.07) is 47.3. The summed E-state index contributed by atoms with van der Waals surface area (Å²) in [4.78, 5) is 0. The molecule has 6 heteroatoms. The number of rotatable bonds is 8. The fourth-order valence-electron chi connectivity index (χ4n) is 9.05. The van der Waals surface area contributed by atoms with Crippen LogP contribution in [0.2, 0.25) is 0 Å². The summed E-state index contributed by atoms with van der Waals surface area (Å²) in [6.45, 7) is 9.24. The molecule has 0 spiro atoms. The summed E-state index contributed by atoms with van der Waals surface area (Å²) in [5.74, 6) is 3.65. The molecule has 53 heavy (non-hydrogen) atoms. The Bertz CT molecular complexity index is 2320. The van der Waals surface area contributed by atoms with Crippen molar-refractivity contribution in [1.82, 2.24) is 0 Å². The normalized spacial score (nSPS) is 23.2. The minimum atomic E-state index is -0.895. The highest BCUT2D eigenvalue weighted by molar-refractivity contribution is 7.72. The third-order valence-electron chi connectivity index (χ3n) is 11.9. The second-order valence-corrected chi connectivity index (χ2v) is 19.8. The van der Waals surface area contributed by atoms with Crippen molar-refractivity contribution >= 4 is 26.5 Å². The van der Waals surface area contributed by atoms with Gasteiger partial charge in [-0.1, -0.05) is 123 Å². The molecule has 4 nitrogen and oxygen atoms in total. The van der Waals surface area contributed by atoms with Crippen molar-refractivity contribution in [3.63, 3.8) is 0 Å². The van der Waals surface area contributed by atoms with Crippen LogP contribution in [0.4, 0.5) is 0 Å². The van der Waals surface area contributed by atoms with E-state index in [4.69, 9.17) is 18.9 Å². The summed E-state index contributed by atoms with van der Waals surface area (Å²) in [6.07, 6.45) is 2.88. The van der Waals surface area contributed by atoms with Crippen molar-refractivity contribution in [3.8, 4) is 45.3 Å². The molecule has 0 radical (unpaired) electrons. The molecule has 4 aliphatic rings. The van der Waals surface area contributed by atoms with E-state index >= 15 is 0 Å². The first kappa shape index (κ1) is 33.0. The standard InChI is InChI=1S/C47H42O4P2/c1-5-6-29-53-45-39(49-43-36-23-13-9-19-32(36)33-20-10-14-24-37(33)43)26-16-28-41(45)51-47(53,3)46(2)50-40-27-15-25-38(44(40)52(46)4)48-42-34-21-11-7-17-30(34)31-18-8-12-22-35(31)42/h7-28,42-43H,5-6,29H2,1-4H3/t46-,47?,52?,53?/m0/s1. The zero-order valence-electron chi connectivity index (χ0n) is 30.5. The van der Waals surface area contributed by atoms with Crippen LogP contribution in [-0.4, -0.2) is 23.5 Å². The molecule has 0 saturated heterocycles. The fourth-order valence-corrected chi connectivity index (χ4v) is 15.3. The number of fused-ring (bicyclic) bond motifs is 8. The van der Waals surface area contributed by atoms with Gasteiger partial charge in [0.05, 0.1) is 10.6 Å². The SMILES string of the molecule is CCCCP1c2c(OC3c4ccccc4-c4ccccc43)cccc2OC1(C)[C@@]1(C)Oc2cccc(OC3c4ccccc4-c4ccccc43)c2P1C. The maximum atomic E-state index is 7.30. The summed E-state index contributed by atoms with van der Waals surface area (Å²) in [5.41, 5.74) is 9.83. The predicted octanol–water partition coefficient (Wildman–Crippen LogP) is 11.5. The van der Waals surface area contributed by atoms with Crippen molar-refractivity contribution in [2.45, 2.75) is 56.5 Å². The van der Waals surface area contributed by atoms with Gasteiger partial charge >= 0.3 is 0 Å². The van der Waals surface area contributed by atoms with E-state index in [1.807, 2.05) is 0 Å². The van der Waals surface area contributed by atoms with Gasteiger partial charge in [-0.2, -0.15) is 0 Å². The molecule has 0 bridgehead atoms. The molecular weight excluding hydrogens is 690 g/mol. The van der Waals surface area contributed by atoms with Crippen LogP contribution in [0.3, 0.4) is 0 Å². The van der Waals surface area contributed by atoms with Crippen LogP contribution < -0.4 is 29.6 Å². The minimum Gasteiger partial charge on any atom is -0.480 e. The number of benzene rings is 6. The molecule has 0 N–H and O–H groups in total. The average molecular weight is 733 g/mol. The van der Waals surface area contributed by atoms with Crippen molar-refractivity contribution in [3.05, 3.63) is 156 Å². The van der Waals surface area contributed by atoms with Gasteiger partial charge < -0.3 is 18.9 Å². The van der Waals surface area contributed by atoms with Crippen molar-refractivity contribution < 1.29 is 18.9 Å². The van der Waals surface area contributed by atoms with Gasteiger partial charge in [0.1, 0.15) is 23.0 Å². The van der Waals surface area contributed by atoms with Crippen LogP contribution in [0.1, 0.15) is 68.1 Å². The lowest BCUT2D eigenvalue weighted by Gasteiger charge is -2.46. The van der Waals surface area contributed by atoms with E-state index in [9.17, 15) is 0 Å². The van der Waals surface area contributed by atoms with E-state index in [1.165, 1.54) is 55.1 Å². The molecule has 4 atom stereocenters. The molecule has 3 unspecified atom stereocenters. The van der Waals surface area contributed by atoms with E-state index in [0.717, 1.165) is 42.0 Å². The Morgan fingerprint density at radius 1 is 0.528 bits per heavy atom. The van der Waals surface area contributed by atoms with E-state index in [2.05, 4.69) is 161 Å². The minimum absolute atomic E-state index is 0.180. The first-order chi connectivity index (χ1) is 25.9. The Hall–Kier alpha value is -4.62. The zero-order chi connectivity index (χ0) is 35.9. The quantitative estimate of drug-likeness (QED) is 0.146. The third-order valence-corrected chi connectivity index (χ3v) is 18.3. The maximum Gasteiger partial charge on any atom is 0.172 e. The van der Waals surface area contributed by atoms with Gasteiger partial charge in [-0.05, 0) is 95.5 Å². The number of hydrogen-bond donors (Lipinski definition) is 0. The topological polar surface area (TPSA) is 36.9 Å². The molecule has 6 aromatic rings. The number of hydrogen-bond acceptors (Lipinski definition) is 4. The lowest BCUT2D eigenvalue weighted by molar-refractivity contribution is 0.0294. The smallest absolute Gasteiger partial charge is 0.172 e. The summed E-state index contributed by atoms with van der Waals surface area (Å²) >= 11 is 0. The highest BCUT2D eigenvalue weighted by atomic mass is 31.1. The van der Waals surface area contributed by atoms with Crippen molar-refractivity contribution in [1.29, 1.82) is 0 Å². The molecule has 2 aliphatic carbocycles. The zero-order valence-corrected chi connectivity index (χ0v) is 32.3. The molecule has 6 aromatic carbocycles. The molecule has 0 amide bonds. The largest absolute Gasteiger partial charge is 0.480 e. The second kappa shape index (κ2) is 12.5. The van der Waals surface area contributed by atoms with Gasteiger partial charge in [0.2, 0.25) is 0 Å². The molecule has 0 aromatic heterocycles. The molecule has 10 rings (SSSR count). The summed E-state index contributed by atoms with van der Waals surface area (Å²) in [5, 5.41) is 1.18. The third kappa shape index (κ3) is 4.81. The lowest BCUT2D eigenvalue weighted by atomic mass is 10.1. The van der Waals surface area contributed by atoms with Crippen molar-refractivity contribution in [2.24, 2.45) is 0 Å². The Morgan fingerprint density at radius 3 is 1.42 bits per heavy atom. The van der Waals surface area contributed by atoms with Crippen LogP contribution in [0.15, 0.2) is 133 Å². The molecule has 0 saturated carbocycles. The Labute approximate surface area is 314 Å². The molecular formula is C47H42O4P2. The Balaban J connectivity index is 1.02. The van der Waals surface area contributed by atoms with Crippen LogP contribution >= 0.6 is 15.8 Å². The van der Waals surface area contributed by atoms with Crippen LogP contribution in [0.25, 0.3) is 22.3 Å². The fraction of sp³-hybridized carbons (Fsp3) is 0.234. The molecule has 2 heterocycles. The maximum absolute atomic E-state index is 7.30. The van der Waals surface area contributed by atoms with Crippen LogP contribution in [0.5, 0.6) is 23.0 Å². The van der Waals surface area contributed by atoms with Gasteiger partial charge in [0.25, 0.3) is 0 Å². The molecule has 0 fully saturated rings. The Kier molecular flexibility index (Phi) is 7.77. The van der Waals surface area contributed by atoms with E-state index in [-0.39, 0.29) is 12.2 Å². The average Bonchev–Trinajstić information content (AvgIpc) is 3.87. The second-order valence-electron chi connectivity index (χ2n) is 14.8. The lowest BCUT2D eigenvalue weighted by Crippen LogP contribution is -2.52. The molecule has 264 valence electrons.